The number of nitrogens with two attached hydrogens (primary N) is 1. The summed E-state index contributed by atoms with van der Waals surface area (Å²) in [5.41, 5.74) is 1.49. The highest BCUT2D eigenvalue weighted by molar-refractivity contribution is 7.89. The highest BCUT2D eigenvalue weighted by Gasteiger charge is 2.16. The van der Waals surface area contributed by atoms with Crippen LogP contribution in [0.25, 0.3) is 0 Å². The molecule has 1 rings (SSSR count). The van der Waals surface area contributed by atoms with Gasteiger partial charge in [0.05, 0.1) is 5.69 Å². The largest absolute Gasteiger partial charge is 0.359 e. The number of nitrogens with zero attached hydrogens (tertiary/aromatic N) is 2. The molecule has 98 valence electrons. The highest BCUT2D eigenvalue weighted by atomic mass is 32.2. The summed E-state index contributed by atoms with van der Waals surface area (Å²) in [6.07, 6.45) is 1.15. The van der Waals surface area contributed by atoms with Gasteiger partial charge in [-0.2, -0.15) is 10.5 Å². The third-order valence-corrected chi connectivity index (χ3v) is 3.29. The van der Waals surface area contributed by atoms with Crippen LogP contribution in [0, 0.1) is 36.5 Å². The summed E-state index contributed by atoms with van der Waals surface area (Å²) in [5, 5.41) is 25.0. The highest BCUT2D eigenvalue weighted by Crippen LogP contribution is 2.26. The molecule has 0 aliphatic carbocycles. The standard InChI is InChI=1S/C12H12N4O2S/c1-8-3-9(2)12(11(4-8)19(15,17)18)16-7-10(5-13)6-14/h3-4,7,16H,1-2H3,(H2,15,17,18). The van der Waals surface area contributed by atoms with Gasteiger partial charge in [0.1, 0.15) is 22.6 Å². The van der Waals surface area contributed by atoms with E-state index in [0.717, 1.165) is 11.8 Å². The number of primary sulfonamides is 1. The van der Waals surface area contributed by atoms with Crippen molar-refractivity contribution in [2.24, 2.45) is 5.14 Å². The lowest BCUT2D eigenvalue weighted by molar-refractivity contribution is 0.598. The molecular weight excluding hydrogens is 264 g/mol. The Hall–Kier alpha value is -2.35. The van der Waals surface area contributed by atoms with E-state index in [4.69, 9.17) is 15.7 Å². The molecule has 0 heterocycles. The van der Waals surface area contributed by atoms with E-state index in [0.29, 0.717) is 5.56 Å². The van der Waals surface area contributed by atoms with Gasteiger partial charge in [-0.3, -0.25) is 0 Å². The minimum atomic E-state index is -3.90. The number of allylic oxidation sites excluding steroid dienone is 1. The van der Waals surface area contributed by atoms with Gasteiger partial charge >= 0.3 is 0 Å². The number of benzene rings is 1. The molecule has 0 unspecified atom stereocenters. The summed E-state index contributed by atoms with van der Waals surface area (Å²) in [6.45, 7) is 3.45. The van der Waals surface area contributed by atoms with Crippen LogP contribution in [0.2, 0.25) is 0 Å². The summed E-state index contributed by atoms with van der Waals surface area (Å²) in [6, 6.07) is 6.53. The molecular formula is C12H12N4O2S. The quantitative estimate of drug-likeness (QED) is 0.806. The molecule has 19 heavy (non-hydrogen) atoms. The Morgan fingerprint density at radius 1 is 1.32 bits per heavy atom. The predicted octanol–water partition coefficient (Wildman–Crippen LogP) is 1.29. The zero-order valence-corrected chi connectivity index (χ0v) is 11.2. The van der Waals surface area contributed by atoms with E-state index >= 15 is 0 Å². The van der Waals surface area contributed by atoms with Crippen LogP contribution >= 0.6 is 0 Å². The number of sulfonamides is 1. The van der Waals surface area contributed by atoms with E-state index in [9.17, 15) is 8.42 Å². The molecule has 6 nitrogen and oxygen atoms in total. The van der Waals surface area contributed by atoms with Crippen LogP contribution in [-0.2, 0) is 10.0 Å². The van der Waals surface area contributed by atoms with Gasteiger partial charge in [0, 0.05) is 6.20 Å². The molecule has 0 aliphatic rings. The normalized spacial score (nSPS) is 10.2. The van der Waals surface area contributed by atoms with Crippen LogP contribution in [0.5, 0.6) is 0 Å². The van der Waals surface area contributed by atoms with Crippen molar-refractivity contribution in [3.63, 3.8) is 0 Å². The predicted molar refractivity (Wildman–Crippen MR) is 70.2 cm³/mol. The number of rotatable bonds is 3. The van der Waals surface area contributed by atoms with Crippen LogP contribution in [0.4, 0.5) is 5.69 Å². The monoisotopic (exact) mass is 276 g/mol. The third-order valence-electron chi connectivity index (χ3n) is 2.35. The van der Waals surface area contributed by atoms with Crippen molar-refractivity contribution in [2.45, 2.75) is 18.7 Å². The van der Waals surface area contributed by atoms with Crippen molar-refractivity contribution in [3.05, 3.63) is 35.0 Å². The van der Waals surface area contributed by atoms with Crippen molar-refractivity contribution in [2.75, 3.05) is 5.32 Å². The average Bonchev–Trinajstić information content (AvgIpc) is 2.30. The smallest absolute Gasteiger partial charge is 0.240 e. The van der Waals surface area contributed by atoms with Crippen molar-refractivity contribution in [1.82, 2.24) is 0 Å². The maximum absolute atomic E-state index is 11.5. The molecule has 0 saturated carbocycles. The summed E-state index contributed by atoms with van der Waals surface area (Å²) in [5.74, 6) is 0. The molecule has 0 atom stereocenters. The fraction of sp³-hybridized carbons (Fsp3) is 0.167. The summed E-state index contributed by atoms with van der Waals surface area (Å²) < 4.78 is 23.1. The van der Waals surface area contributed by atoms with Gasteiger partial charge in [0.15, 0.2) is 0 Å². The van der Waals surface area contributed by atoms with Gasteiger partial charge in [-0.1, -0.05) is 6.07 Å². The van der Waals surface area contributed by atoms with Crippen LogP contribution in [0.3, 0.4) is 0 Å². The van der Waals surface area contributed by atoms with Gasteiger partial charge < -0.3 is 5.32 Å². The third kappa shape index (κ3) is 3.55. The molecule has 1 aromatic rings. The molecule has 0 spiro atoms. The molecule has 0 aliphatic heterocycles. The molecule has 0 amide bonds. The number of hydrogen-bond acceptors (Lipinski definition) is 5. The molecule has 3 N–H and O–H groups in total. The van der Waals surface area contributed by atoms with Crippen molar-refractivity contribution < 1.29 is 8.42 Å². The van der Waals surface area contributed by atoms with Crippen LogP contribution in [0.1, 0.15) is 11.1 Å². The minimum absolute atomic E-state index is 0.0727. The summed E-state index contributed by atoms with van der Waals surface area (Å²) >= 11 is 0. The second-order valence-electron chi connectivity index (χ2n) is 3.93. The Morgan fingerprint density at radius 3 is 2.37 bits per heavy atom. The van der Waals surface area contributed by atoms with Gasteiger partial charge in [-0.05, 0) is 31.0 Å². The van der Waals surface area contributed by atoms with E-state index < -0.39 is 10.0 Å². The average molecular weight is 276 g/mol. The second-order valence-corrected chi connectivity index (χ2v) is 5.46. The van der Waals surface area contributed by atoms with Gasteiger partial charge in [-0.15, -0.1) is 0 Å². The lowest BCUT2D eigenvalue weighted by Gasteiger charge is -2.12. The van der Waals surface area contributed by atoms with Crippen LogP contribution in [-0.4, -0.2) is 8.42 Å². The Morgan fingerprint density at radius 2 is 1.89 bits per heavy atom. The van der Waals surface area contributed by atoms with Crippen molar-refractivity contribution in [1.29, 1.82) is 10.5 Å². The fourth-order valence-electron chi connectivity index (χ4n) is 1.57. The summed E-state index contributed by atoms with van der Waals surface area (Å²) in [7, 11) is -3.90. The van der Waals surface area contributed by atoms with E-state index in [1.54, 1.807) is 32.1 Å². The lowest BCUT2D eigenvalue weighted by atomic mass is 10.1. The molecule has 7 heteroatoms. The first kappa shape index (κ1) is 14.7. The van der Waals surface area contributed by atoms with E-state index in [1.165, 1.54) is 6.07 Å². The molecule has 0 saturated heterocycles. The van der Waals surface area contributed by atoms with Crippen molar-refractivity contribution >= 4 is 15.7 Å². The Bertz CT molecular complexity index is 705. The number of nitrogens with one attached hydrogen (secondary N) is 1. The van der Waals surface area contributed by atoms with E-state index in [-0.39, 0.29) is 16.2 Å². The number of nitriles is 2. The summed E-state index contributed by atoms with van der Waals surface area (Å²) in [4.78, 5) is -0.0727. The van der Waals surface area contributed by atoms with Crippen LogP contribution in [0.15, 0.2) is 28.8 Å². The molecule has 0 aromatic heterocycles. The molecule has 0 fully saturated rings. The zero-order chi connectivity index (χ0) is 14.6. The maximum atomic E-state index is 11.5. The molecule has 0 radical (unpaired) electrons. The Balaban J connectivity index is 3.41. The first-order chi connectivity index (χ1) is 8.79. The minimum Gasteiger partial charge on any atom is -0.359 e. The SMILES string of the molecule is Cc1cc(C)c(NC=C(C#N)C#N)c(S(N)(=O)=O)c1. The van der Waals surface area contributed by atoms with Crippen LogP contribution < -0.4 is 10.5 Å². The number of anilines is 1. The van der Waals surface area contributed by atoms with Crippen molar-refractivity contribution in [3.8, 4) is 12.1 Å². The van der Waals surface area contributed by atoms with Gasteiger partial charge in [0.25, 0.3) is 0 Å². The van der Waals surface area contributed by atoms with Gasteiger partial charge in [-0.25, -0.2) is 13.6 Å². The fourth-order valence-corrected chi connectivity index (χ4v) is 2.43. The van der Waals surface area contributed by atoms with Gasteiger partial charge in [0.2, 0.25) is 10.0 Å². The molecule has 0 bridgehead atoms. The Labute approximate surface area is 111 Å². The Kier molecular flexibility index (Phi) is 4.28. The molecule has 1 aromatic carbocycles. The lowest BCUT2D eigenvalue weighted by Crippen LogP contribution is -2.15. The van der Waals surface area contributed by atoms with E-state index in [2.05, 4.69) is 5.32 Å². The number of aryl methyl sites for hydroxylation is 2. The topological polar surface area (TPSA) is 120 Å². The first-order valence-corrected chi connectivity index (χ1v) is 6.75. The number of hydrogen-bond donors (Lipinski definition) is 2. The van der Waals surface area contributed by atoms with E-state index in [1.807, 2.05) is 0 Å². The maximum Gasteiger partial charge on any atom is 0.240 e. The zero-order valence-electron chi connectivity index (χ0n) is 10.4. The first-order valence-electron chi connectivity index (χ1n) is 5.20. The second kappa shape index (κ2) is 5.53.